The lowest BCUT2D eigenvalue weighted by molar-refractivity contribution is 0.578. The van der Waals surface area contributed by atoms with E-state index in [1.54, 1.807) is 6.33 Å². The molecule has 0 unspecified atom stereocenters. The van der Waals surface area contributed by atoms with E-state index < -0.39 is 0 Å². The van der Waals surface area contributed by atoms with E-state index in [0.29, 0.717) is 6.54 Å². The van der Waals surface area contributed by atoms with Crippen LogP contribution in [0.3, 0.4) is 0 Å². The van der Waals surface area contributed by atoms with Crippen molar-refractivity contribution in [3.05, 3.63) is 30.4 Å². The van der Waals surface area contributed by atoms with Gasteiger partial charge in [-0.3, -0.25) is 4.68 Å². The fraction of sp³-hybridized carbons (Fsp3) is 0.500. The minimum absolute atomic E-state index is 0.704. The first-order chi connectivity index (χ1) is 7.79. The molecule has 0 saturated carbocycles. The molecule has 2 heterocycles. The van der Waals surface area contributed by atoms with Crippen LogP contribution in [-0.4, -0.2) is 31.4 Å². The summed E-state index contributed by atoms with van der Waals surface area (Å²) >= 11 is 0. The van der Waals surface area contributed by atoms with Gasteiger partial charge in [0, 0.05) is 32.4 Å². The van der Waals surface area contributed by atoms with Crippen LogP contribution in [-0.2, 0) is 26.6 Å². The highest BCUT2D eigenvalue weighted by Crippen LogP contribution is 1.98. The largest absolute Gasteiger partial charge is 0.338 e. The number of imidazole rings is 1. The van der Waals surface area contributed by atoms with E-state index in [9.17, 15) is 0 Å². The average Bonchev–Trinajstić information content (AvgIpc) is 2.86. The molecule has 86 valence electrons. The molecule has 0 radical (unpaired) electrons. The standard InChI is InChI=1S/C10H16N6/c1-11-7-9-13-8-16(14-9)5-3-10-12-4-6-15(10)2/h4,6,8,11H,3,5,7H2,1-2H3. The van der Waals surface area contributed by atoms with E-state index >= 15 is 0 Å². The topological polar surface area (TPSA) is 60.6 Å². The SMILES string of the molecule is CNCc1ncn(CCc2nccn2C)n1. The molecule has 1 N–H and O–H groups in total. The lowest BCUT2D eigenvalue weighted by atomic mass is 10.4. The van der Waals surface area contributed by atoms with Crippen LogP contribution >= 0.6 is 0 Å². The normalized spacial score (nSPS) is 10.9. The monoisotopic (exact) mass is 220 g/mol. The number of aromatic nitrogens is 5. The number of hydrogen-bond acceptors (Lipinski definition) is 4. The van der Waals surface area contributed by atoms with Crippen LogP contribution in [0.1, 0.15) is 11.6 Å². The number of rotatable bonds is 5. The molecule has 0 fully saturated rings. The van der Waals surface area contributed by atoms with Gasteiger partial charge in [0.1, 0.15) is 12.2 Å². The van der Waals surface area contributed by atoms with Gasteiger partial charge in [0.15, 0.2) is 5.82 Å². The molecule has 16 heavy (non-hydrogen) atoms. The van der Waals surface area contributed by atoms with Crippen LogP contribution < -0.4 is 5.32 Å². The minimum Gasteiger partial charge on any atom is -0.338 e. The van der Waals surface area contributed by atoms with Gasteiger partial charge < -0.3 is 9.88 Å². The Labute approximate surface area is 94.3 Å². The van der Waals surface area contributed by atoms with Crippen molar-refractivity contribution >= 4 is 0 Å². The number of hydrogen-bond donors (Lipinski definition) is 1. The van der Waals surface area contributed by atoms with Crippen LogP contribution in [0.4, 0.5) is 0 Å². The lowest BCUT2D eigenvalue weighted by Gasteiger charge is -2.01. The van der Waals surface area contributed by atoms with Gasteiger partial charge in [-0.25, -0.2) is 9.97 Å². The van der Waals surface area contributed by atoms with Crippen molar-refractivity contribution in [1.82, 2.24) is 29.6 Å². The molecule has 0 spiro atoms. The van der Waals surface area contributed by atoms with Crippen molar-refractivity contribution in [2.45, 2.75) is 19.5 Å². The summed E-state index contributed by atoms with van der Waals surface area (Å²) in [6, 6.07) is 0. The summed E-state index contributed by atoms with van der Waals surface area (Å²) in [4.78, 5) is 8.45. The van der Waals surface area contributed by atoms with Crippen molar-refractivity contribution < 1.29 is 0 Å². The molecule has 0 aliphatic carbocycles. The Morgan fingerprint density at radius 3 is 2.94 bits per heavy atom. The highest BCUT2D eigenvalue weighted by Gasteiger charge is 2.02. The van der Waals surface area contributed by atoms with Gasteiger partial charge in [-0.05, 0) is 7.05 Å². The van der Waals surface area contributed by atoms with Crippen molar-refractivity contribution in [2.75, 3.05) is 7.05 Å². The van der Waals surface area contributed by atoms with Crippen LogP contribution in [0.15, 0.2) is 18.7 Å². The molecule has 0 aliphatic heterocycles. The van der Waals surface area contributed by atoms with Crippen molar-refractivity contribution in [3.63, 3.8) is 0 Å². The summed E-state index contributed by atoms with van der Waals surface area (Å²) in [5.41, 5.74) is 0. The fourth-order valence-corrected chi connectivity index (χ4v) is 1.53. The van der Waals surface area contributed by atoms with Gasteiger partial charge in [-0.1, -0.05) is 0 Å². The Hall–Kier alpha value is -1.69. The van der Waals surface area contributed by atoms with Crippen LogP contribution in [0.25, 0.3) is 0 Å². The molecule has 2 rings (SSSR count). The summed E-state index contributed by atoms with van der Waals surface area (Å²) < 4.78 is 3.87. The second-order valence-corrected chi connectivity index (χ2v) is 3.66. The third-order valence-corrected chi connectivity index (χ3v) is 2.40. The first-order valence-corrected chi connectivity index (χ1v) is 5.28. The van der Waals surface area contributed by atoms with Gasteiger partial charge in [0.2, 0.25) is 0 Å². The van der Waals surface area contributed by atoms with E-state index in [4.69, 9.17) is 0 Å². The smallest absolute Gasteiger partial charge is 0.164 e. The number of nitrogens with one attached hydrogen (secondary N) is 1. The van der Waals surface area contributed by atoms with Gasteiger partial charge in [0.05, 0.1) is 6.54 Å². The molecule has 0 amide bonds. The predicted molar refractivity (Wildman–Crippen MR) is 59.7 cm³/mol. The van der Waals surface area contributed by atoms with Gasteiger partial charge >= 0.3 is 0 Å². The van der Waals surface area contributed by atoms with E-state index in [-0.39, 0.29) is 0 Å². The second kappa shape index (κ2) is 4.89. The number of aryl methyl sites for hydroxylation is 3. The first-order valence-electron chi connectivity index (χ1n) is 5.28. The van der Waals surface area contributed by atoms with E-state index in [1.165, 1.54) is 0 Å². The molecule has 2 aromatic rings. The Kier molecular flexibility index (Phi) is 3.31. The molecule has 0 aliphatic rings. The second-order valence-electron chi connectivity index (χ2n) is 3.66. The Morgan fingerprint density at radius 2 is 2.25 bits per heavy atom. The van der Waals surface area contributed by atoms with Crippen LogP contribution in [0.2, 0.25) is 0 Å². The molecule has 0 saturated heterocycles. The number of nitrogens with zero attached hydrogens (tertiary/aromatic N) is 5. The molecule has 2 aromatic heterocycles. The van der Waals surface area contributed by atoms with Crippen LogP contribution in [0.5, 0.6) is 0 Å². The summed E-state index contributed by atoms with van der Waals surface area (Å²) in [6.07, 6.45) is 6.38. The van der Waals surface area contributed by atoms with Crippen LogP contribution in [0, 0.1) is 0 Å². The summed E-state index contributed by atoms with van der Waals surface area (Å²) in [6.45, 7) is 1.51. The average molecular weight is 220 g/mol. The molecular formula is C10H16N6. The molecule has 6 nitrogen and oxygen atoms in total. The third-order valence-electron chi connectivity index (χ3n) is 2.40. The summed E-state index contributed by atoms with van der Waals surface area (Å²) in [7, 11) is 3.88. The minimum atomic E-state index is 0.704. The Bertz CT molecular complexity index is 444. The molecule has 6 heteroatoms. The zero-order valence-corrected chi connectivity index (χ0v) is 9.59. The molecule has 0 aromatic carbocycles. The van der Waals surface area contributed by atoms with Gasteiger partial charge in [0.25, 0.3) is 0 Å². The van der Waals surface area contributed by atoms with E-state index in [0.717, 1.165) is 24.6 Å². The van der Waals surface area contributed by atoms with Crippen molar-refractivity contribution in [3.8, 4) is 0 Å². The summed E-state index contributed by atoms with van der Waals surface area (Å²) in [5.74, 6) is 1.88. The molecular weight excluding hydrogens is 204 g/mol. The predicted octanol–water partition coefficient (Wildman–Crippen LogP) is -0.0263. The highest BCUT2D eigenvalue weighted by molar-refractivity contribution is 4.91. The van der Waals surface area contributed by atoms with Crippen molar-refractivity contribution in [1.29, 1.82) is 0 Å². The Balaban J connectivity index is 1.92. The lowest BCUT2D eigenvalue weighted by Crippen LogP contribution is -2.09. The maximum Gasteiger partial charge on any atom is 0.164 e. The van der Waals surface area contributed by atoms with Crippen molar-refractivity contribution in [2.24, 2.45) is 7.05 Å². The summed E-state index contributed by atoms with van der Waals surface area (Å²) in [5, 5.41) is 7.36. The highest BCUT2D eigenvalue weighted by atomic mass is 15.3. The molecule has 0 atom stereocenters. The zero-order valence-electron chi connectivity index (χ0n) is 9.59. The van der Waals surface area contributed by atoms with E-state index in [1.807, 2.05) is 35.7 Å². The quantitative estimate of drug-likeness (QED) is 0.769. The zero-order chi connectivity index (χ0) is 11.4. The van der Waals surface area contributed by atoms with Gasteiger partial charge in [-0.2, -0.15) is 5.10 Å². The fourth-order valence-electron chi connectivity index (χ4n) is 1.53. The third kappa shape index (κ3) is 2.46. The molecule has 0 bridgehead atoms. The Morgan fingerprint density at radius 1 is 1.38 bits per heavy atom. The maximum atomic E-state index is 4.34. The van der Waals surface area contributed by atoms with Gasteiger partial charge in [-0.15, -0.1) is 0 Å². The maximum absolute atomic E-state index is 4.34. The van der Waals surface area contributed by atoms with E-state index in [2.05, 4.69) is 20.4 Å². The first kappa shape index (κ1) is 10.8.